The minimum Gasteiger partial charge on any atom is -0.370 e. The van der Waals surface area contributed by atoms with Gasteiger partial charge >= 0.3 is 0 Å². The fourth-order valence-electron chi connectivity index (χ4n) is 0.769. The zero-order valence-corrected chi connectivity index (χ0v) is 6.96. The summed E-state index contributed by atoms with van der Waals surface area (Å²) in [4.78, 5) is 1.66. The van der Waals surface area contributed by atoms with Crippen LogP contribution < -0.4 is 5.73 Å². The molecular formula is C7H14N4. The fraction of sp³-hybridized carbons (Fsp3) is 0.714. The van der Waals surface area contributed by atoms with Crippen LogP contribution in [-0.2, 0) is 0 Å². The van der Waals surface area contributed by atoms with Crippen LogP contribution in [-0.4, -0.2) is 23.9 Å². The predicted octanol–water partition coefficient (Wildman–Crippen LogP) is 0.361. The van der Waals surface area contributed by atoms with E-state index in [1.807, 2.05) is 13.8 Å². The number of nitrogens with one attached hydrogen (secondary N) is 1. The molecule has 1 unspecified atom stereocenters. The van der Waals surface area contributed by atoms with E-state index in [2.05, 4.69) is 6.07 Å². The number of hydrogen-bond donors (Lipinski definition) is 2. The summed E-state index contributed by atoms with van der Waals surface area (Å²) in [6.45, 7) is 4.95. The second-order valence-corrected chi connectivity index (χ2v) is 2.45. The van der Waals surface area contributed by atoms with Crippen LogP contribution in [0.2, 0.25) is 0 Å². The van der Waals surface area contributed by atoms with E-state index >= 15 is 0 Å². The fourth-order valence-corrected chi connectivity index (χ4v) is 0.769. The second kappa shape index (κ2) is 4.56. The predicted molar refractivity (Wildman–Crippen MR) is 43.9 cm³/mol. The highest BCUT2D eigenvalue weighted by Crippen LogP contribution is 1.96. The van der Waals surface area contributed by atoms with Crippen molar-refractivity contribution < 1.29 is 0 Å². The zero-order valence-electron chi connectivity index (χ0n) is 6.96. The molecular weight excluding hydrogens is 140 g/mol. The molecule has 0 heterocycles. The summed E-state index contributed by atoms with van der Waals surface area (Å²) in [7, 11) is 0. The molecule has 1 atom stereocenters. The molecule has 62 valence electrons. The van der Waals surface area contributed by atoms with Gasteiger partial charge < -0.3 is 10.6 Å². The molecule has 0 aromatic heterocycles. The Morgan fingerprint density at radius 3 is 2.64 bits per heavy atom. The van der Waals surface area contributed by atoms with Gasteiger partial charge in [-0.2, -0.15) is 5.26 Å². The highest BCUT2D eigenvalue weighted by molar-refractivity contribution is 5.74. The highest BCUT2D eigenvalue weighted by Gasteiger charge is 2.07. The first kappa shape index (κ1) is 9.76. The lowest BCUT2D eigenvalue weighted by atomic mass is 10.2. The topological polar surface area (TPSA) is 76.9 Å². The Bertz CT molecular complexity index is 170. The van der Waals surface area contributed by atoms with Crippen LogP contribution in [0.4, 0.5) is 0 Å². The molecule has 0 bridgehead atoms. The average molecular weight is 154 g/mol. The van der Waals surface area contributed by atoms with Crippen LogP contribution in [0, 0.1) is 22.7 Å². The van der Waals surface area contributed by atoms with Crippen molar-refractivity contribution in [1.29, 1.82) is 10.7 Å². The van der Waals surface area contributed by atoms with Crippen LogP contribution in [0.5, 0.6) is 0 Å². The summed E-state index contributed by atoms with van der Waals surface area (Å²) >= 11 is 0. The van der Waals surface area contributed by atoms with Gasteiger partial charge in [0.25, 0.3) is 0 Å². The number of rotatable bonds is 3. The molecule has 0 aromatic rings. The summed E-state index contributed by atoms with van der Waals surface area (Å²) in [5.74, 6) is -0.0338. The van der Waals surface area contributed by atoms with Crippen molar-refractivity contribution in [1.82, 2.24) is 4.90 Å². The Balaban J connectivity index is 3.90. The van der Waals surface area contributed by atoms with Crippen molar-refractivity contribution in [3.8, 4) is 6.07 Å². The largest absolute Gasteiger partial charge is 0.370 e. The lowest BCUT2D eigenvalue weighted by Gasteiger charge is -2.21. The molecule has 0 aliphatic heterocycles. The molecule has 0 rings (SSSR count). The molecule has 0 radical (unpaired) electrons. The third-order valence-electron chi connectivity index (χ3n) is 1.44. The van der Waals surface area contributed by atoms with Gasteiger partial charge in [-0.1, -0.05) is 0 Å². The Kier molecular flexibility index (Phi) is 4.04. The van der Waals surface area contributed by atoms with Crippen LogP contribution in [0.3, 0.4) is 0 Å². The first-order valence-corrected chi connectivity index (χ1v) is 3.60. The van der Waals surface area contributed by atoms with Gasteiger partial charge in [-0.25, -0.2) is 0 Å². The lowest BCUT2D eigenvalue weighted by molar-refractivity contribution is 0.397. The van der Waals surface area contributed by atoms with Crippen molar-refractivity contribution >= 4 is 5.96 Å². The second-order valence-electron chi connectivity index (χ2n) is 2.45. The smallest absolute Gasteiger partial charge is 0.188 e. The molecule has 0 aliphatic rings. The molecule has 3 N–H and O–H groups in total. The molecule has 4 heteroatoms. The molecule has 0 fully saturated rings. The van der Waals surface area contributed by atoms with Crippen LogP contribution in [0.25, 0.3) is 0 Å². The maximum absolute atomic E-state index is 8.47. The first-order chi connectivity index (χ1) is 5.11. The van der Waals surface area contributed by atoms with E-state index in [1.54, 1.807) is 4.90 Å². The zero-order chi connectivity index (χ0) is 8.85. The monoisotopic (exact) mass is 154 g/mol. The van der Waals surface area contributed by atoms with Gasteiger partial charge in [0.2, 0.25) is 0 Å². The third-order valence-corrected chi connectivity index (χ3v) is 1.44. The number of guanidine groups is 1. The maximum Gasteiger partial charge on any atom is 0.188 e. The van der Waals surface area contributed by atoms with Crippen LogP contribution >= 0.6 is 0 Å². The summed E-state index contributed by atoms with van der Waals surface area (Å²) in [5, 5.41) is 15.6. The van der Waals surface area contributed by atoms with E-state index in [0.29, 0.717) is 13.1 Å². The normalized spacial score (nSPS) is 11.7. The average Bonchev–Trinajstić information content (AvgIpc) is 1.99. The van der Waals surface area contributed by atoms with Gasteiger partial charge in [0.15, 0.2) is 5.96 Å². The van der Waals surface area contributed by atoms with Gasteiger partial charge in [-0.15, -0.1) is 0 Å². The summed E-state index contributed by atoms with van der Waals surface area (Å²) in [6.07, 6.45) is 0. The van der Waals surface area contributed by atoms with Crippen molar-refractivity contribution in [2.24, 2.45) is 11.7 Å². The highest BCUT2D eigenvalue weighted by atomic mass is 15.2. The number of hydrogen-bond acceptors (Lipinski definition) is 2. The Labute approximate surface area is 67.1 Å². The SMILES string of the molecule is CCN(CC(C)C#N)C(=N)N. The van der Waals surface area contributed by atoms with Gasteiger partial charge in [-0.05, 0) is 13.8 Å². The molecule has 11 heavy (non-hydrogen) atoms. The van der Waals surface area contributed by atoms with E-state index in [0.717, 1.165) is 0 Å². The standard InChI is InChI=1S/C7H14N4/c1-3-11(7(9)10)5-6(2)4-8/h6H,3,5H2,1-2H3,(H3,9,10). The maximum atomic E-state index is 8.47. The molecule has 4 nitrogen and oxygen atoms in total. The molecule has 0 saturated heterocycles. The van der Waals surface area contributed by atoms with Gasteiger partial charge in [0.05, 0.1) is 12.0 Å². The van der Waals surface area contributed by atoms with Gasteiger partial charge in [0, 0.05) is 13.1 Å². The van der Waals surface area contributed by atoms with E-state index in [1.165, 1.54) is 0 Å². The van der Waals surface area contributed by atoms with Crippen molar-refractivity contribution in [2.45, 2.75) is 13.8 Å². The minimum absolute atomic E-state index is 0.0367. The number of nitrogens with zero attached hydrogens (tertiary/aromatic N) is 2. The van der Waals surface area contributed by atoms with E-state index in [9.17, 15) is 0 Å². The molecule has 0 aromatic carbocycles. The van der Waals surface area contributed by atoms with Crippen molar-refractivity contribution in [2.75, 3.05) is 13.1 Å². The Morgan fingerprint density at radius 2 is 2.36 bits per heavy atom. The van der Waals surface area contributed by atoms with Gasteiger partial charge in [0.1, 0.15) is 0 Å². The quantitative estimate of drug-likeness (QED) is 0.455. The van der Waals surface area contributed by atoms with Crippen molar-refractivity contribution in [3.05, 3.63) is 0 Å². The first-order valence-electron chi connectivity index (χ1n) is 3.60. The Morgan fingerprint density at radius 1 is 1.82 bits per heavy atom. The van der Waals surface area contributed by atoms with Crippen LogP contribution in [0.1, 0.15) is 13.8 Å². The number of nitrogens with two attached hydrogens (primary N) is 1. The van der Waals surface area contributed by atoms with Crippen molar-refractivity contribution in [3.63, 3.8) is 0 Å². The van der Waals surface area contributed by atoms with E-state index in [-0.39, 0.29) is 11.9 Å². The summed E-state index contributed by atoms with van der Waals surface area (Å²) in [6, 6.07) is 2.09. The molecule has 0 spiro atoms. The third kappa shape index (κ3) is 3.46. The van der Waals surface area contributed by atoms with Crippen LogP contribution in [0.15, 0.2) is 0 Å². The van der Waals surface area contributed by atoms with E-state index in [4.69, 9.17) is 16.4 Å². The Hall–Kier alpha value is -1.24. The molecule has 0 aliphatic carbocycles. The van der Waals surface area contributed by atoms with E-state index < -0.39 is 0 Å². The van der Waals surface area contributed by atoms with Gasteiger partial charge in [-0.3, -0.25) is 5.41 Å². The number of nitriles is 1. The summed E-state index contributed by atoms with van der Waals surface area (Å²) < 4.78 is 0. The molecule has 0 saturated carbocycles. The molecule has 0 amide bonds. The summed E-state index contributed by atoms with van der Waals surface area (Å²) in [5.41, 5.74) is 5.25. The minimum atomic E-state index is -0.0705. The lowest BCUT2D eigenvalue weighted by Crippen LogP contribution is -2.38.